The Morgan fingerprint density at radius 1 is 1.09 bits per heavy atom. The van der Waals surface area contributed by atoms with Crippen LogP contribution in [0.2, 0.25) is 0 Å². The Morgan fingerprint density at radius 3 is 2.23 bits per heavy atom. The number of benzene rings is 2. The lowest BCUT2D eigenvalue weighted by Crippen LogP contribution is -2.06. The fourth-order valence-electron chi connectivity index (χ4n) is 2.67. The number of nitriles is 1. The van der Waals surface area contributed by atoms with Crippen molar-refractivity contribution < 1.29 is 9.13 Å². The van der Waals surface area contributed by atoms with E-state index in [0.717, 1.165) is 22.4 Å². The number of hydrogen-bond donors (Lipinski definition) is 0. The molecule has 114 valence electrons. The van der Waals surface area contributed by atoms with E-state index in [1.165, 1.54) is 17.7 Å². The van der Waals surface area contributed by atoms with Gasteiger partial charge in [0.25, 0.3) is 0 Å². The van der Waals surface area contributed by atoms with Crippen LogP contribution in [0.1, 0.15) is 34.6 Å². The van der Waals surface area contributed by atoms with E-state index in [-0.39, 0.29) is 11.7 Å². The van der Waals surface area contributed by atoms with Crippen LogP contribution in [0.3, 0.4) is 0 Å². The molecule has 2 nitrogen and oxygen atoms in total. The summed E-state index contributed by atoms with van der Waals surface area (Å²) in [6, 6.07) is 12.5. The molecule has 0 aromatic heterocycles. The van der Waals surface area contributed by atoms with Crippen LogP contribution in [0.15, 0.2) is 36.4 Å². The van der Waals surface area contributed by atoms with Gasteiger partial charge in [-0.25, -0.2) is 4.39 Å². The summed E-state index contributed by atoms with van der Waals surface area (Å²) >= 11 is 0. The van der Waals surface area contributed by atoms with Crippen molar-refractivity contribution in [1.29, 1.82) is 5.26 Å². The minimum Gasteiger partial charge on any atom is -0.493 e. The molecule has 0 spiro atoms. The summed E-state index contributed by atoms with van der Waals surface area (Å²) in [4.78, 5) is 0. The lowest BCUT2D eigenvalue weighted by molar-refractivity contribution is 0.302. The lowest BCUT2D eigenvalue weighted by Gasteiger charge is -2.15. The zero-order valence-electron chi connectivity index (χ0n) is 13.2. The van der Waals surface area contributed by atoms with E-state index >= 15 is 0 Å². The van der Waals surface area contributed by atoms with E-state index in [1.54, 1.807) is 12.1 Å². The van der Waals surface area contributed by atoms with Crippen molar-refractivity contribution in [2.24, 2.45) is 0 Å². The van der Waals surface area contributed by atoms with Crippen molar-refractivity contribution in [3.63, 3.8) is 0 Å². The van der Waals surface area contributed by atoms with E-state index in [0.29, 0.717) is 13.0 Å². The molecule has 0 aliphatic heterocycles. The molecular formula is C19H20FNO. The molecule has 0 N–H and O–H groups in total. The highest BCUT2D eigenvalue weighted by molar-refractivity contribution is 5.43. The van der Waals surface area contributed by atoms with Gasteiger partial charge in [-0.2, -0.15) is 5.26 Å². The van der Waals surface area contributed by atoms with Crippen LogP contribution in [0, 0.1) is 37.9 Å². The van der Waals surface area contributed by atoms with Crippen molar-refractivity contribution >= 4 is 0 Å². The van der Waals surface area contributed by atoms with E-state index in [4.69, 9.17) is 4.74 Å². The highest BCUT2D eigenvalue weighted by atomic mass is 19.1. The highest BCUT2D eigenvalue weighted by Crippen LogP contribution is 2.26. The third-order valence-corrected chi connectivity index (χ3v) is 3.69. The largest absolute Gasteiger partial charge is 0.493 e. The van der Waals surface area contributed by atoms with E-state index in [9.17, 15) is 9.65 Å². The summed E-state index contributed by atoms with van der Waals surface area (Å²) in [5.41, 5.74) is 4.24. The number of nitrogens with zero attached hydrogens (tertiary/aromatic N) is 1. The Hall–Kier alpha value is -2.34. The van der Waals surface area contributed by atoms with Crippen LogP contribution >= 0.6 is 0 Å². The summed E-state index contributed by atoms with van der Waals surface area (Å²) in [6.45, 7) is 6.57. The Bertz CT molecular complexity index is 663. The van der Waals surface area contributed by atoms with Crippen molar-refractivity contribution in [3.05, 3.63) is 64.5 Å². The molecule has 1 atom stereocenters. The van der Waals surface area contributed by atoms with Crippen LogP contribution in [-0.4, -0.2) is 6.61 Å². The van der Waals surface area contributed by atoms with Gasteiger partial charge in [-0.3, -0.25) is 0 Å². The van der Waals surface area contributed by atoms with Crippen LogP contribution in [0.25, 0.3) is 0 Å². The molecule has 0 aliphatic rings. The number of aryl methyl sites for hydroxylation is 3. The molecule has 0 aliphatic carbocycles. The van der Waals surface area contributed by atoms with Gasteiger partial charge in [0.1, 0.15) is 11.6 Å². The Kier molecular flexibility index (Phi) is 5.16. The Morgan fingerprint density at radius 2 is 1.68 bits per heavy atom. The molecule has 0 amide bonds. The fraction of sp³-hybridized carbons (Fsp3) is 0.316. The van der Waals surface area contributed by atoms with Crippen LogP contribution in [-0.2, 0) is 0 Å². The number of halogens is 1. The third kappa shape index (κ3) is 3.85. The second kappa shape index (κ2) is 7.09. The molecule has 0 bridgehead atoms. The van der Waals surface area contributed by atoms with Crippen LogP contribution in [0.5, 0.6) is 5.75 Å². The Balaban J connectivity index is 2.01. The molecule has 0 fully saturated rings. The van der Waals surface area contributed by atoms with Gasteiger partial charge in [0.2, 0.25) is 0 Å². The molecule has 0 heterocycles. The summed E-state index contributed by atoms with van der Waals surface area (Å²) < 4.78 is 18.8. The van der Waals surface area contributed by atoms with Gasteiger partial charge in [0.05, 0.1) is 18.6 Å². The smallest absolute Gasteiger partial charge is 0.125 e. The molecular weight excluding hydrogens is 277 g/mol. The molecule has 22 heavy (non-hydrogen) atoms. The standard InChI is InChI=1S/C19H20FNO/c1-13-10-14(2)19(15(3)11-13)22-9-8-17(12-21)16-4-6-18(20)7-5-16/h4-7,10-11,17H,8-9H2,1-3H3. The summed E-state index contributed by atoms with van der Waals surface area (Å²) in [7, 11) is 0. The van der Waals surface area contributed by atoms with Gasteiger partial charge >= 0.3 is 0 Å². The molecule has 2 aromatic rings. The second-order valence-corrected chi connectivity index (χ2v) is 5.60. The second-order valence-electron chi connectivity index (χ2n) is 5.60. The SMILES string of the molecule is Cc1cc(C)c(OCCC(C#N)c2ccc(F)cc2)c(C)c1. The van der Waals surface area contributed by atoms with Crippen LogP contribution < -0.4 is 4.74 Å². The number of hydrogen-bond acceptors (Lipinski definition) is 2. The molecule has 2 aromatic carbocycles. The molecule has 0 saturated heterocycles. The average molecular weight is 297 g/mol. The quantitative estimate of drug-likeness (QED) is 0.792. The first-order valence-electron chi connectivity index (χ1n) is 7.37. The van der Waals surface area contributed by atoms with E-state index in [2.05, 4.69) is 25.1 Å². The average Bonchev–Trinajstić information content (AvgIpc) is 2.47. The van der Waals surface area contributed by atoms with Gasteiger partial charge in [-0.15, -0.1) is 0 Å². The minimum absolute atomic E-state index is 0.285. The predicted molar refractivity (Wildman–Crippen MR) is 85.5 cm³/mol. The van der Waals surface area contributed by atoms with Crippen molar-refractivity contribution in [2.45, 2.75) is 33.1 Å². The number of rotatable bonds is 5. The topological polar surface area (TPSA) is 33.0 Å². The molecule has 2 rings (SSSR count). The molecule has 0 radical (unpaired) electrons. The third-order valence-electron chi connectivity index (χ3n) is 3.69. The maximum atomic E-state index is 12.9. The summed E-state index contributed by atoms with van der Waals surface area (Å²) in [5.74, 6) is 0.315. The highest BCUT2D eigenvalue weighted by Gasteiger charge is 2.12. The van der Waals surface area contributed by atoms with Crippen molar-refractivity contribution in [3.8, 4) is 11.8 Å². The predicted octanol–water partition coefficient (Wildman–Crippen LogP) is 4.83. The van der Waals surface area contributed by atoms with E-state index < -0.39 is 0 Å². The van der Waals surface area contributed by atoms with Crippen molar-refractivity contribution in [2.75, 3.05) is 6.61 Å². The monoisotopic (exact) mass is 297 g/mol. The molecule has 1 unspecified atom stereocenters. The zero-order valence-corrected chi connectivity index (χ0v) is 13.2. The van der Waals surface area contributed by atoms with Gasteiger partial charge < -0.3 is 4.74 Å². The maximum absolute atomic E-state index is 12.9. The molecule has 0 saturated carbocycles. The maximum Gasteiger partial charge on any atom is 0.125 e. The normalized spacial score (nSPS) is 11.8. The van der Waals surface area contributed by atoms with E-state index in [1.807, 2.05) is 13.8 Å². The first-order chi connectivity index (χ1) is 10.5. The van der Waals surface area contributed by atoms with Crippen molar-refractivity contribution in [1.82, 2.24) is 0 Å². The lowest BCUT2D eigenvalue weighted by atomic mass is 9.97. The number of ether oxygens (including phenoxy) is 1. The minimum atomic E-state index is -0.289. The fourth-order valence-corrected chi connectivity index (χ4v) is 2.67. The summed E-state index contributed by atoms with van der Waals surface area (Å²) in [5, 5.41) is 9.29. The zero-order chi connectivity index (χ0) is 16.1. The first-order valence-corrected chi connectivity index (χ1v) is 7.37. The first kappa shape index (κ1) is 16.0. The molecule has 3 heteroatoms. The van der Waals surface area contributed by atoms with Crippen LogP contribution in [0.4, 0.5) is 4.39 Å². The Labute approximate surface area is 131 Å². The van der Waals surface area contributed by atoms with Gasteiger partial charge in [-0.1, -0.05) is 29.8 Å². The van der Waals surface area contributed by atoms with Gasteiger partial charge in [-0.05, 0) is 49.6 Å². The van der Waals surface area contributed by atoms with Gasteiger partial charge in [0.15, 0.2) is 0 Å². The summed E-state index contributed by atoms with van der Waals surface area (Å²) in [6.07, 6.45) is 0.578. The van der Waals surface area contributed by atoms with Gasteiger partial charge in [0, 0.05) is 6.42 Å².